The van der Waals surface area contributed by atoms with Crippen LogP contribution in [0.4, 0.5) is 5.69 Å². The fourth-order valence-corrected chi connectivity index (χ4v) is 2.68. The minimum absolute atomic E-state index is 0.117. The number of nitrogens with zero attached hydrogens (tertiary/aromatic N) is 1. The molecule has 3 rings (SSSR count). The number of rotatable bonds is 6. The molecular weight excluding hydrogens is 328 g/mol. The van der Waals surface area contributed by atoms with Crippen LogP contribution < -0.4 is 10.7 Å². The maximum atomic E-state index is 12.0. The molecular formula is C20H20N4O2. The highest BCUT2D eigenvalue weighted by Gasteiger charge is 2.06. The summed E-state index contributed by atoms with van der Waals surface area (Å²) in [6.07, 6.45) is 4.52. The van der Waals surface area contributed by atoms with Crippen LogP contribution in [-0.2, 0) is 16.0 Å². The minimum atomic E-state index is -0.138. The summed E-state index contributed by atoms with van der Waals surface area (Å²) in [6.45, 7) is 1.46. The number of amides is 2. The highest BCUT2D eigenvalue weighted by atomic mass is 16.2. The number of aryl methyl sites for hydroxylation is 1. The lowest BCUT2D eigenvalue weighted by Crippen LogP contribution is -2.17. The van der Waals surface area contributed by atoms with E-state index in [9.17, 15) is 9.59 Å². The number of carbonyl (C=O) groups is 2. The molecule has 0 aliphatic heterocycles. The van der Waals surface area contributed by atoms with Crippen LogP contribution in [-0.4, -0.2) is 23.0 Å². The fourth-order valence-electron chi connectivity index (χ4n) is 2.68. The molecule has 3 N–H and O–H groups in total. The number of fused-ring (bicyclic) bond motifs is 1. The maximum absolute atomic E-state index is 12.0. The average molecular weight is 348 g/mol. The predicted octanol–water partition coefficient (Wildman–Crippen LogP) is 3.21. The molecule has 0 spiro atoms. The summed E-state index contributed by atoms with van der Waals surface area (Å²) in [5.41, 5.74) is 6.28. The molecule has 0 aliphatic rings. The number of anilines is 1. The number of carbonyl (C=O) groups excluding carboxylic acids is 2. The van der Waals surface area contributed by atoms with Gasteiger partial charge in [0.1, 0.15) is 0 Å². The number of benzene rings is 2. The summed E-state index contributed by atoms with van der Waals surface area (Å²) in [7, 11) is 0. The van der Waals surface area contributed by atoms with Gasteiger partial charge in [-0.15, -0.1) is 0 Å². The number of aromatic amines is 1. The van der Waals surface area contributed by atoms with Crippen molar-refractivity contribution in [2.45, 2.75) is 19.8 Å². The second-order valence-electron chi connectivity index (χ2n) is 5.96. The van der Waals surface area contributed by atoms with E-state index in [1.165, 1.54) is 6.92 Å². The van der Waals surface area contributed by atoms with Crippen molar-refractivity contribution in [1.29, 1.82) is 0 Å². The van der Waals surface area contributed by atoms with Crippen LogP contribution in [0, 0.1) is 0 Å². The van der Waals surface area contributed by atoms with Crippen LogP contribution in [0.1, 0.15) is 24.5 Å². The molecule has 0 radical (unpaired) electrons. The highest BCUT2D eigenvalue weighted by Crippen LogP contribution is 2.18. The SMILES string of the molecule is CC(=O)Nc1ccc(/C=N/NC(=O)CCc2c[nH]c3ccccc23)cc1. The Labute approximate surface area is 151 Å². The Bertz CT molecular complexity index is 942. The van der Waals surface area contributed by atoms with Crippen LogP contribution in [0.5, 0.6) is 0 Å². The van der Waals surface area contributed by atoms with Gasteiger partial charge in [0.05, 0.1) is 6.21 Å². The van der Waals surface area contributed by atoms with E-state index in [-0.39, 0.29) is 11.8 Å². The Morgan fingerprint density at radius 1 is 1.12 bits per heavy atom. The molecule has 0 unspecified atom stereocenters. The molecule has 6 heteroatoms. The zero-order chi connectivity index (χ0) is 18.4. The zero-order valence-electron chi connectivity index (χ0n) is 14.5. The van der Waals surface area contributed by atoms with Crippen molar-refractivity contribution in [3.05, 3.63) is 65.9 Å². The third-order valence-electron chi connectivity index (χ3n) is 3.93. The highest BCUT2D eigenvalue weighted by molar-refractivity contribution is 5.89. The molecule has 1 heterocycles. The monoisotopic (exact) mass is 348 g/mol. The third kappa shape index (κ3) is 4.57. The first-order valence-electron chi connectivity index (χ1n) is 8.36. The van der Waals surface area contributed by atoms with E-state index in [4.69, 9.17) is 0 Å². The molecule has 132 valence electrons. The number of nitrogens with one attached hydrogen (secondary N) is 3. The summed E-state index contributed by atoms with van der Waals surface area (Å²) >= 11 is 0. The van der Waals surface area contributed by atoms with Crippen LogP contribution in [0.15, 0.2) is 59.8 Å². The number of hydrogen-bond donors (Lipinski definition) is 3. The first-order chi connectivity index (χ1) is 12.6. The van der Waals surface area contributed by atoms with E-state index in [2.05, 4.69) is 20.8 Å². The smallest absolute Gasteiger partial charge is 0.240 e. The molecule has 0 fully saturated rings. The molecule has 2 amide bonds. The van der Waals surface area contributed by atoms with Gasteiger partial charge in [0.15, 0.2) is 0 Å². The lowest BCUT2D eigenvalue weighted by Gasteiger charge is -2.02. The van der Waals surface area contributed by atoms with Crippen molar-refractivity contribution in [2.24, 2.45) is 5.10 Å². The molecule has 0 aliphatic carbocycles. The number of aromatic nitrogens is 1. The van der Waals surface area contributed by atoms with Crippen LogP contribution in [0.3, 0.4) is 0 Å². The van der Waals surface area contributed by atoms with E-state index in [1.54, 1.807) is 18.3 Å². The van der Waals surface area contributed by atoms with E-state index in [0.29, 0.717) is 12.8 Å². The topological polar surface area (TPSA) is 86.3 Å². The Kier molecular flexibility index (Phi) is 5.43. The van der Waals surface area contributed by atoms with Crippen molar-refractivity contribution in [3.63, 3.8) is 0 Å². The lowest BCUT2D eigenvalue weighted by molar-refractivity contribution is -0.121. The van der Waals surface area contributed by atoms with Gasteiger partial charge in [-0.25, -0.2) is 5.43 Å². The Hall–Kier alpha value is -3.41. The van der Waals surface area contributed by atoms with Crippen LogP contribution >= 0.6 is 0 Å². The van der Waals surface area contributed by atoms with Gasteiger partial charge in [-0.05, 0) is 35.7 Å². The normalized spacial score (nSPS) is 11.0. The molecule has 0 bridgehead atoms. The quantitative estimate of drug-likeness (QED) is 0.472. The summed E-state index contributed by atoms with van der Waals surface area (Å²) in [5, 5.41) is 7.81. The predicted molar refractivity (Wildman–Crippen MR) is 103 cm³/mol. The first kappa shape index (κ1) is 17.4. The van der Waals surface area contributed by atoms with Gasteiger partial charge in [-0.1, -0.05) is 30.3 Å². The molecule has 6 nitrogen and oxygen atoms in total. The number of H-pyrrole nitrogens is 1. The zero-order valence-corrected chi connectivity index (χ0v) is 14.5. The van der Waals surface area contributed by atoms with Gasteiger partial charge < -0.3 is 10.3 Å². The summed E-state index contributed by atoms with van der Waals surface area (Å²) < 4.78 is 0. The molecule has 3 aromatic rings. The number of hydrogen-bond acceptors (Lipinski definition) is 3. The van der Waals surface area contributed by atoms with Crippen LogP contribution in [0.25, 0.3) is 10.9 Å². The summed E-state index contributed by atoms with van der Waals surface area (Å²) in [4.78, 5) is 26.1. The van der Waals surface area contributed by atoms with E-state index in [0.717, 1.165) is 27.7 Å². The van der Waals surface area contributed by atoms with Crippen molar-refractivity contribution >= 4 is 34.6 Å². The van der Waals surface area contributed by atoms with Crippen LogP contribution in [0.2, 0.25) is 0 Å². The molecule has 2 aromatic carbocycles. The summed E-state index contributed by atoms with van der Waals surface area (Å²) in [6, 6.07) is 15.2. The maximum Gasteiger partial charge on any atom is 0.240 e. The molecule has 0 saturated heterocycles. The van der Waals surface area contributed by atoms with Gasteiger partial charge in [0, 0.05) is 36.1 Å². The van der Waals surface area contributed by atoms with Gasteiger partial charge in [0.25, 0.3) is 0 Å². The number of para-hydroxylation sites is 1. The molecule has 1 aromatic heterocycles. The Balaban J connectivity index is 1.49. The minimum Gasteiger partial charge on any atom is -0.361 e. The average Bonchev–Trinajstić information content (AvgIpc) is 3.04. The fraction of sp³-hybridized carbons (Fsp3) is 0.150. The van der Waals surface area contributed by atoms with Crippen molar-refractivity contribution in [2.75, 3.05) is 5.32 Å². The van der Waals surface area contributed by atoms with Gasteiger partial charge in [-0.2, -0.15) is 5.10 Å². The van der Waals surface area contributed by atoms with Gasteiger partial charge in [-0.3, -0.25) is 9.59 Å². The lowest BCUT2D eigenvalue weighted by atomic mass is 10.1. The molecule has 0 saturated carbocycles. The largest absolute Gasteiger partial charge is 0.361 e. The second kappa shape index (κ2) is 8.11. The Morgan fingerprint density at radius 2 is 1.88 bits per heavy atom. The van der Waals surface area contributed by atoms with Crippen molar-refractivity contribution in [1.82, 2.24) is 10.4 Å². The van der Waals surface area contributed by atoms with Gasteiger partial charge >= 0.3 is 0 Å². The number of hydrazone groups is 1. The van der Waals surface area contributed by atoms with Crippen molar-refractivity contribution < 1.29 is 9.59 Å². The van der Waals surface area contributed by atoms with Gasteiger partial charge in [0.2, 0.25) is 11.8 Å². The molecule has 0 atom stereocenters. The third-order valence-corrected chi connectivity index (χ3v) is 3.93. The van der Waals surface area contributed by atoms with E-state index >= 15 is 0 Å². The first-order valence-corrected chi connectivity index (χ1v) is 8.36. The second-order valence-corrected chi connectivity index (χ2v) is 5.96. The van der Waals surface area contributed by atoms with E-state index < -0.39 is 0 Å². The van der Waals surface area contributed by atoms with Crippen molar-refractivity contribution in [3.8, 4) is 0 Å². The standard InChI is InChI=1S/C20H20N4O2/c1-14(25)23-17-9-6-15(7-10-17)12-22-24-20(26)11-8-16-13-21-19-5-3-2-4-18(16)19/h2-7,9-10,12-13,21H,8,11H2,1H3,(H,23,25)(H,24,26)/b22-12+. The Morgan fingerprint density at radius 3 is 2.65 bits per heavy atom. The van der Waals surface area contributed by atoms with E-state index in [1.807, 2.05) is 42.6 Å². The summed E-state index contributed by atoms with van der Waals surface area (Å²) in [5.74, 6) is -0.254. The molecule has 26 heavy (non-hydrogen) atoms.